The molecule has 136 valence electrons. The van der Waals surface area contributed by atoms with E-state index in [4.69, 9.17) is 16.6 Å². The van der Waals surface area contributed by atoms with Crippen molar-refractivity contribution in [3.63, 3.8) is 0 Å². The first-order valence-electron chi connectivity index (χ1n) is 9.48. The predicted octanol–water partition coefficient (Wildman–Crippen LogP) is 6.92. The van der Waals surface area contributed by atoms with E-state index in [-0.39, 0.29) is 5.78 Å². The summed E-state index contributed by atoms with van der Waals surface area (Å²) < 4.78 is 0. The van der Waals surface area contributed by atoms with Crippen LogP contribution in [0.1, 0.15) is 15.9 Å². The van der Waals surface area contributed by atoms with Gasteiger partial charge in [-0.2, -0.15) is 0 Å². The molecule has 0 saturated carbocycles. The highest BCUT2D eigenvalue weighted by molar-refractivity contribution is 6.31. The van der Waals surface area contributed by atoms with Gasteiger partial charge in [0.15, 0.2) is 5.78 Å². The normalized spacial score (nSPS) is 12.4. The Bertz CT molecular complexity index is 1470. The van der Waals surface area contributed by atoms with Crippen molar-refractivity contribution in [3.8, 4) is 22.4 Å². The van der Waals surface area contributed by atoms with Crippen LogP contribution in [0.2, 0.25) is 5.02 Å². The molecule has 29 heavy (non-hydrogen) atoms. The number of carbonyl (C=O) groups excluding carboxylic acids is 1. The molecule has 0 spiro atoms. The van der Waals surface area contributed by atoms with Gasteiger partial charge in [0.25, 0.3) is 0 Å². The van der Waals surface area contributed by atoms with Crippen LogP contribution < -0.4 is 0 Å². The zero-order valence-electron chi connectivity index (χ0n) is 15.3. The van der Waals surface area contributed by atoms with Gasteiger partial charge in [-0.25, -0.2) is 4.98 Å². The highest BCUT2D eigenvalue weighted by Gasteiger charge is 2.32. The summed E-state index contributed by atoms with van der Waals surface area (Å²) in [6.07, 6.45) is 0. The molecule has 0 unspecified atom stereocenters. The topological polar surface area (TPSA) is 30.0 Å². The lowest BCUT2D eigenvalue weighted by Gasteiger charge is -2.14. The van der Waals surface area contributed by atoms with E-state index in [0.717, 1.165) is 44.1 Å². The monoisotopic (exact) mass is 391 g/mol. The highest BCUT2D eigenvalue weighted by atomic mass is 35.5. The zero-order valence-corrected chi connectivity index (χ0v) is 16.1. The van der Waals surface area contributed by atoms with Gasteiger partial charge >= 0.3 is 0 Å². The zero-order chi connectivity index (χ0) is 19.5. The fraction of sp³-hybridized carbons (Fsp3) is 0. The van der Waals surface area contributed by atoms with Crippen molar-refractivity contribution in [2.75, 3.05) is 0 Å². The van der Waals surface area contributed by atoms with E-state index < -0.39 is 0 Å². The molecule has 5 aromatic rings. The number of benzene rings is 4. The van der Waals surface area contributed by atoms with Crippen LogP contribution in [0.5, 0.6) is 0 Å². The molecule has 0 aliphatic heterocycles. The van der Waals surface area contributed by atoms with Crippen LogP contribution in [0.25, 0.3) is 44.1 Å². The molecule has 4 aromatic carbocycles. The van der Waals surface area contributed by atoms with Gasteiger partial charge in [0, 0.05) is 32.5 Å². The smallest absolute Gasteiger partial charge is 0.196 e. The number of ketones is 1. The van der Waals surface area contributed by atoms with E-state index in [2.05, 4.69) is 24.3 Å². The van der Waals surface area contributed by atoms with E-state index in [0.29, 0.717) is 16.1 Å². The van der Waals surface area contributed by atoms with E-state index >= 15 is 0 Å². The van der Waals surface area contributed by atoms with Crippen molar-refractivity contribution in [3.05, 3.63) is 101 Å². The number of hydrogen-bond acceptors (Lipinski definition) is 2. The second kappa shape index (κ2) is 6.00. The number of fused-ring (bicyclic) bond motifs is 6. The lowest BCUT2D eigenvalue weighted by Crippen LogP contribution is -2.01. The van der Waals surface area contributed by atoms with Crippen molar-refractivity contribution in [1.82, 2.24) is 4.98 Å². The first-order valence-corrected chi connectivity index (χ1v) is 9.86. The van der Waals surface area contributed by atoms with Crippen LogP contribution >= 0.6 is 11.6 Å². The standard InChI is InChI=1S/C26H14ClNO/c27-17-12-9-16(10-13-17)22-21-14-11-15-5-1-2-6-18(15)24(21)28-25-19-7-3-4-8-20(19)26(29)23(22)25/h1-14H. The van der Waals surface area contributed by atoms with E-state index in [1.54, 1.807) is 0 Å². The van der Waals surface area contributed by atoms with Gasteiger partial charge in [-0.1, -0.05) is 84.4 Å². The van der Waals surface area contributed by atoms with Gasteiger partial charge in [0.2, 0.25) is 0 Å². The van der Waals surface area contributed by atoms with Crippen LogP contribution in [-0.4, -0.2) is 10.8 Å². The second-order valence-corrected chi connectivity index (χ2v) is 7.71. The fourth-order valence-corrected chi connectivity index (χ4v) is 4.48. The van der Waals surface area contributed by atoms with Gasteiger partial charge in [0.1, 0.15) is 0 Å². The molecule has 0 N–H and O–H groups in total. The molecular weight excluding hydrogens is 378 g/mol. The molecule has 1 heterocycles. The summed E-state index contributed by atoms with van der Waals surface area (Å²) in [5, 5.41) is 3.86. The summed E-state index contributed by atoms with van der Waals surface area (Å²) >= 11 is 6.14. The molecule has 0 saturated heterocycles. The molecule has 0 fully saturated rings. The van der Waals surface area contributed by atoms with Gasteiger partial charge in [-0.15, -0.1) is 0 Å². The molecule has 3 heteroatoms. The number of rotatable bonds is 1. The maximum atomic E-state index is 13.4. The van der Waals surface area contributed by atoms with Gasteiger partial charge < -0.3 is 0 Å². The summed E-state index contributed by atoms with van der Waals surface area (Å²) in [7, 11) is 0. The number of pyridine rings is 1. The summed E-state index contributed by atoms with van der Waals surface area (Å²) in [5.74, 6) is 0.0307. The molecule has 0 radical (unpaired) electrons. The van der Waals surface area contributed by atoms with Gasteiger partial charge in [-0.3, -0.25) is 4.79 Å². The van der Waals surface area contributed by atoms with Crippen molar-refractivity contribution >= 4 is 39.1 Å². The Labute approximate surface area is 172 Å². The van der Waals surface area contributed by atoms with Crippen LogP contribution in [0.15, 0.2) is 84.9 Å². The summed E-state index contributed by atoms with van der Waals surface area (Å²) in [6.45, 7) is 0. The largest absolute Gasteiger partial charge is 0.288 e. The molecule has 1 aromatic heterocycles. The fourth-order valence-electron chi connectivity index (χ4n) is 4.35. The molecule has 6 rings (SSSR count). The minimum Gasteiger partial charge on any atom is -0.288 e. The average molecular weight is 392 g/mol. The lowest BCUT2D eigenvalue weighted by molar-refractivity contribution is 0.104. The molecular formula is C26H14ClNO. The van der Waals surface area contributed by atoms with Gasteiger partial charge in [-0.05, 0) is 23.1 Å². The Morgan fingerprint density at radius 3 is 2.21 bits per heavy atom. The molecule has 0 bridgehead atoms. The van der Waals surface area contributed by atoms with Crippen molar-refractivity contribution < 1.29 is 4.79 Å². The molecule has 2 nitrogen and oxygen atoms in total. The first kappa shape index (κ1) is 16.5. The van der Waals surface area contributed by atoms with Crippen LogP contribution in [0.3, 0.4) is 0 Å². The van der Waals surface area contributed by atoms with Crippen molar-refractivity contribution in [2.24, 2.45) is 0 Å². The lowest BCUT2D eigenvalue weighted by atomic mass is 9.92. The molecule has 1 aliphatic rings. The Balaban J connectivity index is 1.83. The molecule has 1 aliphatic carbocycles. The Morgan fingerprint density at radius 2 is 1.38 bits per heavy atom. The van der Waals surface area contributed by atoms with Crippen molar-refractivity contribution in [1.29, 1.82) is 0 Å². The third-order valence-corrected chi connectivity index (χ3v) is 5.92. The van der Waals surface area contributed by atoms with E-state index in [9.17, 15) is 4.79 Å². The summed E-state index contributed by atoms with van der Waals surface area (Å²) in [5.41, 5.74) is 5.86. The minimum absolute atomic E-state index is 0.0307. The number of nitrogens with zero attached hydrogens (tertiary/aromatic N) is 1. The SMILES string of the molecule is O=C1c2ccccc2-c2nc3c(ccc4ccccc43)c(-c3ccc(Cl)cc3)c21. The highest BCUT2D eigenvalue weighted by Crippen LogP contribution is 2.45. The number of hydrogen-bond donors (Lipinski definition) is 0. The molecule has 0 atom stereocenters. The number of aromatic nitrogens is 1. The summed E-state index contributed by atoms with van der Waals surface area (Å²) in [6, 6.07) is 27.8. The minimum atomic E-state index is 0.0307. The predicted molar refractivity (Wildman–Crippen MR) is 119 cm³/mol. The number of halogens is 1. The second-order valence-electron chi connectivity index (χ2n) is 7.27. The third-order valence-electron chi connectivity index (χ3n) is 5.67. The summed E-state index contributed by atoms with van der Waals surface area (Å²) in [4.78, 5) is 18.4. The Kier molecular flexibility index (Phi) is 3.41. The third kappa shape index (κ3) is 2.30. The van der Waals surface area contributed by atoms with Crippen LogP contribution in [-0.2, 0) is 0 Å². The first-order chi connectivity index (χ1) is 14.2. The van der Waals surface area contributed by atoms with E-state index in [1.165, 1.54) is 0 Å². The van der Waals surface area contributed by atoms with Crippen molar-refractivity contribution in [2.45, 2.75) is 0 Å². The maximum Gasteiger partial charge on any atom is 0.196 e. The number of carbonyl (C=O) groups is 1. The van der Waals surface area contributed by atoms with Crippen LogP contribution in [0, 0.1) is 0 Å². The Hall–Kier alpha value is -3.49. The molecule has 0 amide bonds. The van der Waals surface area contributed by atoms with Gasteiger partial charge in [0.05, 0.1) is 16.8 Å². The quantitative estimate of drug-likeness (QED) is 0.285. The average Bonchev–Trinajstić information content (AvgIpc) is 3.05. The Morgan fingerprint density at radius 1 is 0.655 bits per heavy atom. The van der Waals surface area contributed by atoms with Crippen LogP contribution in [0.4, 0.5) is 0 Å². The van der Waals surface area contributed by atoms with E-state index in [1.807, 2.05) is 60.7 Å². The maximum absolute atomic E-state index is 13.4.